The van der Waals surface area contributed by atoms with Crippen molar-refractivity contribution in [2.45, 2.75) is 52.9 Å². The minimum atomic E-state index is -0.368. The van der Waals surface area contributed by atoms with Gasteiger partial charge in [0.2, 0.25) is 0 Å². The minimum Gasteiger partial charge on any atom is -0.462 e. The number of H-pyrrole nitrogens is 1. The molecule has 5 nitrogen and oxygen atoms in total. The molecule has 1 aromatic rings. The second kappa shape index (κ2) is 7.66. The van der Waals surface area contributed by atoms with Gasteiger partial charge in [0.05, 0.1) is 12.2 Å². The van der Waals surface area contributed by atoms with Crippen molar-refractivity contribution in [2.24, 2.45) is 5.92 Å². The Hall–Kier alpha value is -1.78. The van der Waals surface area contributed by atoms with E-state index in [1.807, 2.05) is 7.05 Å². The number of ether oxygens (including phenoxy) is 1. The predicted molar refractivity (Wildman–Crippen MR) is 89.8 cm³/mol. The highest BCUT2D eigenvalue weighted by Gasteiger charge is 2.26. The van der Waals surface area contributed by atoms with Crippen LogP contribution >= 0.6 is 0 Å². The molecule has 1 aliphatic carbocycles. The van der Waals surface area contributed by atoms with E-state index >= 15 is 0 Å². The molecule has 1 heterocycles. The van der Waals surface area contributed by atoms with E-state index in [0.717, 1.165) is 6.54 Å². The first kappa shape index (κ1) is 17.6. The van der Waals surface area contributed by atoms with Gasteiger partial charge in [0.15, 0.2) is 0 Å². The first-order valence-electron chi connectivity index (χ1n) is 8.57. The molecule has 1 saturated carbocycles. The highest BCUT2D eigenvalue weighted by Crippen LogP contribution is 2.25. The van der Waals surface area contributed by atoms with Crippen LogP contribution in [-0.4, -0.2) is 42.0 Å². The van der Waals surface area contributed by atoms with Crippen molar-refractivity contribution in [3.8, 4) is 0 Å². The number of esters is 1. The molecule has 0 radical (unpaired) electrons. The molecule has 0 bridgehead atoms. The van der Waals surface area contributed by atoms with Crippen molar-refractivity contribution in [3.63, 3.8) is 0 Å². The molecular formula is C18H28N2O3. The van der Waals surface area contributed by atoms with Crippen LogP contribution in [0, 0.1) is 19.8 Å². The number of rotatable bonds is 5. The summed E-state index contributed by atoms with van der Waals surface area (Å²) in [4.78, 5) is 29.6. The number of aromatic nitrogens is 1. The Morgan fingerprint density at radius 2 is 1.87 bits per heavy atom. The highest BCUT2D eigenvalue weighted by atomic mass is 16.5. The summed E-state index contributed by atoms with van der Waals surface area (Å²) >= 11 is 0. The molecule has 5 heteroatoms. The lowest BCUT2D eigenvalue weighted by atomic mass is 9.89. The summed E-state index contributed by atoms with van der Waals surface area (Å²) in [6.45, 7) is 6.49. The first-order valence-corrected chi connectivity index (χ1v) is 8.57. The third-order valence-corrected chi connectivity index (χ3v) is 4.73. The molecule has 0 aliphatic heterocycles. The van der Waals surface area contributed by atoms with Crippen LogP contribution in [0.2, 0.25) is 0 Å². The third-order valence-electron chi connectivity index (χ3n) is 4.73. The van der Waals surface area contributed by atoms with Crippen molar-refractivity contribution in [1.29, 1.82) is 0 Å². The largest absolute Gasteiger partial charge is 0.462 e. The van der Waals surface area contributed by atoms with E-state index in [4.69, 9.17) is 4.74 Å². The molecule has 1 N–H and O–H groups in total. The van der Waals surface area contributed by atoms with Gasteiger partial charge in [-0.05, 0) is 45.1 Å². The monoisotopic (exact) mass is 320 g/mol. The maximum Gasteiger partial charge on any atom is 0.340 e. The van der Waals surface area contributed by atoms with Gasteiger partial charge < -0.3 is 14.6 Å². The average Bonchev–Trinajstić information content (AvgIpc) is 2.82. The van der Waals surface area contributed by atoms with Crippen LogP contribution in [0.5, 0.6) is 0 Å². The van der Waals surface area contributed by atoms with Crippen LogP contribution in [0.25, 0.3) is 0 Å². The zero-order valence-corrected chi connectivity index (χ0v) is 14.7. The molecule has 0 unspecified atom stereocenters. The molecule has 1 aromatic heterocycles. The van der Waals surface area contributed by atoms with Crippen molar-refractivity contribution >= 4 is 11.9 Å². The van der Waals surface area contributed by atoms with Crippen molar-refractivity contribution in [2.75, 3.05) is 20.2 Å². The maximum absolute atomic E-state index is 12.7. The molecule has 1 amide bonds. The number of nitrogens with one attached hydrogen (secondary N) is 1. The lowest BCUT2D eigenvalue weighted by Crippen LogP contribution is -2.33. The summed E-state index contributed by atoms with van der Waals surface area (Å²) in [6.07, 6.45) is 6.25. The van der Waals surface area contributed by atoms with E-state index in [-0.39, 0.29) is 11.9 Å². The molecule has 1 aliphatic rings. The van der Waals surface area contributed by atoms with Crippen LogP contribution in [0.15, 0.2) is 0 Å². The van der Waals surface area contributed by atoms with Crippen LogP contribution in [-0.2, 0) is 4.74 Å². The quantitative estimate of drug-likeness (QED) is 0.845. The van der Waals surface area contributed by atoms with Gasteiger partial charge in [-0.3, -0.25) is 4.79 Å². The van der Waals surface area contributed by atoms with E-state index in [2.05, 4.69) is 4.98 Å². The number of nitrogens with zero attached hydrogens (tertiary/aromatic N) is 1. The lowest BCUT2D eigenvalue weighted by Gasteiger charge is -2.27. The average molecular weight is 320 g/mol. The normalized spacial score (nSPS) is 15.5. The minimum absolute atomic E-state index is 0.0493. The molecule has 0 saturated heterocycles. The van der Waals surface area contributed by atoms with E-state index in [1.165, 1.54) is 32.1 Å². The van der Waals surface area contributed by atoms with Gasteiger partial charge in [-0.1, -0.05) is 19.3 Å². The summed E-state index contributed by atoms with van der Waals surface area (Å²) < 4.78 is 5.08. The Kier molecular flexibility index (Phi) is 5.85. The molecule has 1 fully saturated rings. The molecule has 0 aromatic carbocycles. The van der Waals surface area contributed by atoms with Gasteiger partial charge in [-0.2, -0.15) is 0 Å². The van der Waals surface area contributed by atoms with Gasteiger partial charge in [-0.25, -0.2) is 4.79 Å². The number of hydrogen-bond donors (Lipinski definition) is 1. The molecule has 0 atom stereocenters. The zero-order chi connectivity index (χ0) is 17.0. The highest BCUT2D eigenvalue weighted by molar-refractivity contribution is 6.00. The number of aromatic amines is 1. The third kappa shape index (κ3) is 3.95. The van der Waals surface area contributed by atoms with Gasteiger partial charge in [-0.15, -0.1) is 0 Å². The second-order valence-electron chi connectivity index (χ2n) is 6.54. The number of aryl methyl sites for hydroxylation is 1. The topological polar surface area (TPSA) is 62.4 Å². The first-order chi connectivity index (χ1) is 11.0. The number of hydrogen-bond acceptors (Lipinski definition) is 3. The summed E-state index contributed by atoms with van der Waals surface area (Å²) in [7, 11) is 1.84. The van der Waals surface area contributed by atoms with Crippen LogP contribution in [0.4, 0.5) is 0 Å². The van der Waals surface area contributed by atoms with Crippen LogP contribution < -0.4 is 0 Å². The SMILES string of the molecule is CCOC(=O)c1c(C)[nH]c(C(=O)N(C)CC2CCCCC2)c1C. The number of amides is 1. The van der Waals surface area contributed by atoms with Crippen molar-refractivity contribution < 1.29 is 14.3 Å². The Morgan fingerprint density at radius 1 is 1.22 bits per heavy atom. The van der Waals surface area contributed by atoms with Crippen molar-refractivity contribution in [3.05, 3.63) is 22.5 Å². The standard InChI is InChI=1S/C18H28N2O3/c1-5-23-18(22)15-12(2)16(19-13(15)3)17(21)20(4)11-14-9-7-6-8-10-14/h14,19H,5-11H2,1-4H3. The number of carbonyl (C=O) groups excluding carboxylic acids is 2. The molecular weight excluding hydrogens is 292 g/mol. The van der Waals surface area contributed by atoms with Gasteiger partial charge in [0.25, 0.3) is 5.91 Å². The summed E-state index contributed by atoms with van der Waals surface area (Å²) in [5.41, 5.74) is 2.36. The van der Waals surface area contributed by atoms with Gasteiger partial charge >= 0.3 is 5.97 Å². The Labute approximate surface area is 138 Å². The summed E-state index contributed by atoms with van der Waals surface area (Å²) in [5.74, 6) is 0.179. The predicted octanol–water partition coefficient (Wildman–Crippen LogP) is 3.46. The molecule has 2 rings (SSSR count). The molecule has 0 spiro atoms. The van der Waals surface area contributed by atoms with Gasteiger partial charge in [0.1, 0.15) is 5.69 Å². The van der Waals surface area contributed by atoms with Crippen LogP contribution in [0.3, 0.4) is 0 Å². The van der Waals surface area contributed by atoms with E-state index in [9.17, 15) is 9.59 Å². The van der Waals surface area contributed by atoms with E-state index < -0.39 is 0 Å². The van der Waals surface area contributed by atoms with Gasteiger partial charge in [0, 0.05) is 19.3 Å². The number of carbonyl (C=O) groups is 2. The molecule has 128 valence electrons. The van der Waals surface area contributed by atoms with Crippen molar-refractivity contribution in [1.82, 2.24) is 9.88 Å². The molecule has 23 heavy (non-hydrogen) atoms. The Bertz CT molecular complexity index is 571. The fraction of sp³-hybridized carbons (Fsp3) is 0.667. The zero-order valence-electron chi connectivity index (χ0n) is 14.7. The smallest absolute Gasteiger partial charge is 0.340 e. The fourth-order valence-corrected chi connectivity index (χ4v) is 3.50. The fourth-order valence-electron chi connectivity index (χ4n) is 3.50. The second-order valence-corrected chi connectivity index (χ2v) is 6.54. The maximum atomic E-state index is 12.7. The van der Waals surface area contributed by atoms with E-state index in [1.54, 1.807) is 25.7 Å². The Morgan fingerprint density at radius 3 is 2.48 bits per heavy atom. The van der Waals surface area contributed by atoms with E-state index in [0.29, 0.717) is 35.0 Å². The lowest BCUT2D eigenvalue weighted by molar-refractivity contribution is 0.0525. The summed E-state index contributed by atoms with van der Waals surface area (Å²) in [6, 6.07) is 0. The Balaban J connectivity index is 2.12. The van der Waals surface area contributed by atoms with Crippen LogP contribution in [0.1, 0.15) is 71.1 Å². The summed E-state index contributed by atoms with van der Waals surface area (Å²) in [5, 5.41) is 0.